The monoisotopic (exact) mass is 140 g/mol. The summed E-state index contributed by atoms with van der Waals surface area (Å²) in [4.78, 5) is 0. The average Bonchev–Trinajstić information content (AvgIpc) is 1.36. The predicted molar refractivity (Wildman–Crippen MR) is 32.6 cm³/mol. The van der Waals surface area contributed by atoms with Crippen LogP contribution in [-0.2, 0) is 0 Å². The van der Waals surface area contributed by atoms with Gasteiger partial charge in [0.15, 0.2) is 0 Å². The third-order valence-corrected chi connectivity index (χ3v) is 3.46. The number of rotatable bonds is 1. The quantitative estimate of drug-likeness (QED) is 0.417. The van der Waals surface area contributed by atoms with Crippen LogP contribution in [0.25, 0.3) is 0 Å². The van der Waals surface area contributed by atoms with Gasteiger partial charge in [-0.1, -0.05) is 13.8 Å². The second-order valence-electron chi connectivity index (χ2n) is 2.23. The van der Waals surface area contributed by atoms with Gasteiger partial charge in [-0.3, -0.25) is 8.80 Å². The molecule has 0 spiro atoms. The van der Waals surface area contributed by atoms with E-state index in [1.165, 1.54) is 0 Å². The van der Waals surface area contributed by atoms with E-state index in [9.17, 15) is 0 Å². The molecule has 0 nitrogen and oxygen atoms in total. The minimum Gasteiger partial charge on any atom is -0.264 e. The molecule has 0 fully saturated rings. The Bertz CT molecular complexity index is 29.1. The molecule has 38 valence electrons. The van der Waals surface area contributed by atoms with Crippen LogP contribution in [-0.4, -0.2) is 8.80 Å². The zero-order valence-corrected chi connectivity index (χ0v) is 10.2. The Morgan fingerprint density at radius 1 is 1.14 bits per heavy atom. The van der Waals surface area contributed by atoms with Crippen LogP contribution in [0.4, 0.5) is 0 Å². The fraction of sp³-hybridized carbons (Fsp3) is 1.00. The Morgan fingerprint density at radius 2 is 1.29 bits per heavy atom. The van der Waals surface area contributed by atoms with Gasteiger partial charge in [-0.15, -0.1) is 0 Å². The van der Waals surface area contributed by atoms with Crippen LogP contribution in [0, 0.1) is 0 Å². The molecule has 0 aromatic rings. The molecule has 7 heavy (non-hydrogen) atoms. The van der Waals surface area contributed by atoms with Crippen LogP contribution in [0.15, 0.2) is 0 Å². The van der Waals surface area contributed by atoms with Gasteiger partial charge in [0.25, 0.3) is 0 Å². The molecule has 2 heteroatoms. The van der Waals surface area contributed by atoms with Gasteiger partial charge in [-0.2, -0.15) is 18.6 Å². The van der Waals surface area contributed by atoms with E-state index >= 15 is 0 Å². The summed E-state index contributed by atoms with van der Waals surface area (Å²) in [5, 5.41) is 0. The molecule has 0 aliphatic rings. The van der Waals surface area contributed by atoms with E-state index < -0.39 is 0 Å². The molecule has 0 saturated carbocycles. The van der Waals surface area contributed by atoms with Crippen molar-refractivity contribution in [3.05, 3.63) is 0 Å². The second-order valence-corrected chi connectivity index (χ2v) is 5.54. The van der Waals surface area contributed by atoms with Gasteiger partial charge in [-0.05, 0) is 0 Å². The Morgan fingerprint density at radius 3 is 1.29 bits per heavy atom. The molecule has 0 unspecified atom stereocenters. The molecule has 0 radical (unpaired) electrons. The summed E-state index contributed by atoms with van der Waals surface area (Å²) in [6.45, 7) is 9.26. The predicted octanol–water partition coefficient (Wildman–Crippen LogP) is -0.845. The van der Waals surface area contributed by atoms with Crippen LogP contribution in [0.1, 0.15) is 13.8 Å². The summed E-state index contributed by atoms with van der Waals surface area (Å²) < 4.78 is 0. The van der Waals surface area contributed by atoms with Crippen LogP contribution < -0.4 is 51.4 Å². The smallest absolute Gasteiger partial charge is 0.264 e. The molecule has 0 aromatic heterocycles. The standard InChI is InChI=1S/C5H13Si.K/c1-5(2)6(3)4;/h5H,1-4H3;/q-1;+1. The van der Waals surface area contributed by atoms with Crippen molar-refractivity contribution in [2.45, 2.75) is 32.5 Å². The molecule has 0 N–H and O–H groups in total. The van der Waals surface area contributed by atoms with E-state index in [2.05, 4.69) is 26.9 Å². The van der Waals surface area contributed by atoms with Crippen LogP contribution in [0.5, 0.6) is 0 Å². The number of hydrogen-bond donors (Lipinski definition) is 0. The molecule has 0 bridgehead atoms. The molecule has 0 aliphatic carbocycles. The second kappa shape index (κ2) is 5.98. The van der Waals surface area contributed by atoms with Crippen LogP contribution in [0.2, 0.25) is 18.6 Å². The van der Waals surface area contributed by atoms with Crippen molar-refractivity contribution in [1.82, 2.24) is 0 Å². The van der Waals surface area contributed by atoms with E-state index in [4.69, 9.17) is 0 Å². The van der Waals surface area contributed by atoms with Crippen molar-refractivity contribution in [2.75, 3.05) is 0 Å². The van der Waals surface area contributed by atoms with E-state index in [1.807, 2.05) is 0 Å². The molecule has 0 rings (SSSR count). The van der Waals surface area contributed by atoms with Gasteiger partial charge < -0.3 is 0 Å². The van der Waals surface area contributed by atoms with Crippen molar-refractivity contribution in [3.8, 4) is 0 Å². The Labute approximate surface area is 91.1 Å². The van der Waals surface area contributed by atoms with E-state index in [-0.39, 0.29) is 60.2 Å². The Hall–Kier alpha value is 1.85. The molecule has 0 aliphatic heterocycles. The molecule has 0 aromatic carbocycles. The van der Waals surface area contributed by atoms with Crippen molar-refractivity contribution in [3.63, 3.8) is 0 Å². The SMILES string of the molecule is CC(C)[Si-](C)C.[K+]. The minimum atomic E-state index is 0. The first-order valence-electron chi connectivity index (χ1n) is 2.44. The molecular formula is C5H13KSi. The van der Waals surface area contributed by atoms with Crippen molar-refractivity contribution < 1.29 is 51.4 Å². The zero-order chi connectivity index (χ0) is 5.15. The Balaban J connectivity index is 0. The maximum Gasteiger partial charge on any atom is 1.00 e. The summed E-state index contributed by atoms with van der Waals surface area (Å²) in [6.07, 6.45) is 0. The topological polar surface area (TPSA) is 0 Å². The largest absolute Gasteiger partial charge is 1.00 e. The molecule has 0 amide bonds. The summed E-state index contributed by atoms with van der Waals surface area (Å²) in [6, 6.07) is 0. The summed E-state index contributed by atoms with van der Waals surface area (Å²) in [7, 11) is 0.0484. The van der Waals surface area contributed by atoms with Gasteiger partial charge in [0.05, 0.1) is 0 Å². The van der Waals surface area contributed by atoms with Crippen LogP contribution in [0.3, 0.4) is 0 Å². The van der Waals surface area contributed by atoms with Gasteiger partial charge in [0.2, 0.25) is 0 Å². The first kappa shape index (κ1) is 11.6. The first-order chi connectivity index (χ1) is 2.64. The van der Waals surface area contributed by atoms with Gasteiger partial charge in [0.1, 0.15) is 0 Å². The first-order valence-corrected chi connectivity index (χ1v) is 5.02. The van der Waals surface area contributed by atoms with E-state index in [0.717, 1.165) is 5.54 Å². The van der Waals surface area contributed by atoms with Crippen molar-refractivity contribution >= 4 is 8.80 Å². The molecule has 0 atom stereocenters. The fourth-order valence-corrected chi connectivity index (χ4v) is 0. The van der Waals surface area contributed by atoms with Gasteiger partial charge in [-0.25, -0.2) is 0 Å². The van der Waals surface area contributed by atoms with E-state index in [1.54, 1.807) is 0 Å². The maximum atomic E-state index is 2.34. The summed E-state index contributed by atoms with van der Waals surface area (Å²) in [5.74, 6) is 0. The maximum absolute atomic E-state index is 2.34. The van der Waals surface area contributed by atoms with Gasteiger partial charge in [0, 0.05) is 0 Å². The molecule has 0 heterocycles. The summed E-state index contributed by atoms with van der Waals surface area (Å²) >= 11 is 0. The summed E-state index contributed by atoms with van der Waals surface area (Å²) in [5.41, 5.74) is 0.954. The van der Waals surface area contributed by atoms with Crippen LogP contribution >= 0.6 is 0 Å². The van der Waals surface area contributed by atoms with E-state index in [0.29, 0.717) is 0 Å². The molecular weight excluding hydrogens is 127 g/mol. The average molecular weight is 140 g/mol. The minimum absolute atomic E-state index is 0. The third-order valence-electron chi connectivity index (χ3n) is 1.15. The van der Waals surface area contributed by atoms with Crippen molar-refractivity contribution in [2.24, 2.45) is 0 Å². The third kappa shape index (κ3) is 7.85. The molecule has 0 saturated heterocycles. The number of hydrogen-bond acceptors (Lipinski definition) is 0. The Kier molecular flexibility index (Phi) is 9.93. The fourth-order valence-electron chi connectivity index (χ4n) is 0. The normalized spacial score (nSPS) is 9.43. The van der Waals surface area contributed by atoms with Gasteiger partial charge >= 0.3 is 51.4 Å². The zero-order valence-electron chi connectivity index (χ0n) is 6.08. The van der Waals surface area contributed by atoms with Crippen molar-refractivity contribution in [1.29, 1.82) is 0 Å².